The van der Waals surface area contributed by atoms with Crippen molar-refractivity contribution in [1.82, 2.24) is 19.7 Å². The maximum Gasteiger partial charge on any atom is 0.136 e. The number of aromatic nitrogens is 4. The number of halogens is 1. The van der Waals surface area contributed by atoms with Crippen LogP contribution in [0.5, 0.6) is 0 Å². The molecule has 0 spiro atoms. The highest BCUT2D eigenvalue weighted by molar-refractivity contribution is 9.10. The Bertz CT molecular complexity index is 759. The normalized spacial score (nSPS) is 14.8. The van der Waals surface area contributed by atoms with E-state index in [-0.39, 0.29) is 0 Å². The Morgan fingerprint density at radius 1 is 1.15 bits per heavy atom. The van der Waals surface area contributed by atoms with E-state index in [1.54, 1.807) is 0 Å². The Labute approximate surface area is 125 Å². The van der Waals surface area contributed by atoms with Gasteiger partial charge < -0.3 is 0 Å². The Morgan fingerprint density at radius 2 is 1.90 bits per heavy atom. The minimum absolute atomic E-state index is 0.601. The van der Waals surface area contributed by atoms with Gasteiger partial charge in [0.1, 0.15) is 10.4 Å². The lowest BCUT2D eigenvalue weighted by Gasteiger charge is -2.04. The molecular formula is C15H13BrN4. The molecule has 1 aliphatic rings. The van der Waals surface area contributed by atoms with Gasteiger partial charge in [-0.3, -0.25) is 4.68 Å². The van der Waals surface area contributed by atoms with Crippen molar-refractivity contribution >= 4 is 26.8 Å². The molecule has 3 aromatic rings. The van der Waals surface area contributed by atoms with Crippen LogP contribution in [0.1, 0.15) is 30.1 Å². The summed E-state index contributed by atoms with van der Waals surface area (Å²) in [5, 5.41) is 5.66. The van der Waals surface area contributed by atoms with Crippen molar-refractivity contribution in [2.75, 3.05) is 0 Å². The van der Waals surface area contributed by atoms with Gasteiger partial charge in [-0.2, -0.15) is 5.10 Å². The van der Waals surface area contributed by atoms with Crippen molar-refractivity contribution in [3.05, 3.63) is 52.7 Å². The minimum atomic E-state index is 0.601. The number of fused-ring (bicyclic) bond motifs is 1. The fourth-order valence-electron chi connectivity index (χ4n) is 2.38. The third-order valence-electron chi connectivity index (χ3n) is 3.61. The number of hydrogen-bond acceptors (Lipinski definition) is 3. The van der Waals surface area contributed by atoms with E-state index in [1.165, 1.54) is 12.8 Å². The average Bonchev–Trinajstić information content (AvgIpc) is 3.28. The molecule has 0 radical (unpaired) electrons. The van der Waals surface area contributed by atoms with Crippen molar-refractivity contribution in [2.24, 2.45) is 0 Å². The highest BCUT2D eigenvalue weighted by atomic mass is 79.9. The van der Waals surface area contributed by atoms with Crippen molar-refractivity contribution < 1.29 is 0 Å². The zero-order valence-electron chi connectivity index (χ0n) is 10.8. The quantitative estimate of drug-likeness (QED) is 0.738. The average molecular weight is 329 g/mol. The molecule has 0 amide bonds. The number of rotatable bonds is 3. The topological polar surface area (TPSA) is 43.6 Å². The van der Waals surface area contributed by atoms with E-state index in [4.69, 9.17) is 0 Å². The molecular weight excluding hydrogens is 316 g/mol. The van der Waals surface area contributed by atoms with Gasteiger partial charge in [0.15, 0.2) is 0 Å². The van der Waals surface area contributed by atoms with Crippen LogP contribution in [0.3, 0.4) is 0 Å². The molecule has 0 saturated heterocycles. The first-order chi connectivity index (χ1) is 9.81. The number of hydrogen-bond donors (Lipinski definition) is 0. The summed E-state index contributed by atoms with van der Waals surface area (Å²) in [6, 6.07) is 8.19. The van der Waals surface area contributed by atoms with E-state index < -0.39 is 0 Å². The number of benzene rings is 1. The molecule has 5 heteroatoms. The molecule has 4 rings (SSSR count). The first-order valence-electron chi connectivity index (χ1n) is 6.73. The zero-order chi connectivity index (χ0) is 13.5. The largest absolute Gasteiger partial charge is 0.259 e. The fourth-order valence-corrected chi connectivity index (χ4v) is 2.91. The van der Waals surface area contributed by atoms with Crippen LogP contribution in [0.2, 0.25) is 0 Å². The van der Waals surface area contributed by atoms with E-state index in [2.05, 4.69) is 43.1 Å². The van der Waals surface area contributed by atoms with Crippen molar-refractivity contribution in [1.29, 1.82) is 0 Å². The van der Waals surface area contributed by atoms with Gasteiger partial charge in [-0.1, -0.05) is 18.2 Å². The summed E-state index contributed by atoms with van der Waals surface area (Å²) in [7, 11) is 0. The second-order valence-electron chi connectivity index (χ2n) is 5.19. The zero-order valence-corrected chi connectivity index (χ0v) is 12.4. The second kappa shape index (κ2) is 4.66. The van der Waals surface area contributed by atoms with Crippen molar-refractivity contribution in [3.8, 4) is 0 Å². The molecule has 1 aliphatic carbocycles. The predicted molar refractivity (Wildman–Crippen MR) is 80.5 cm³/mol. The van der Waals surface area contributed by atoms with Crippen LogP contribution in [0.15, 0.2) is 41.3 Å². The summed E-state index contributed by atoms with van der Waals surface area (Å²) in [5.74, 6) is 1.59. The standard InChI is InChI=1S/C15H13BrN4/c16-14-12-3-1-2-4-13(12)20(19-14)9-10-7-17-15(18-8-10)11-5-6-11/h1-4,7-8,11H,5-6,9H2. The van der Waals surface area contributed by atoms with E-state index in [1.807, 2.05) is 29.2 Å². The third-order valence-corrected chi connectivity index (χ3v) is 4.20. The van der Waals surface area contributed by atoms with Gasteiger partial charge in [0.25, 0.3) is 0 Å². The molecule has 0 atom stereocenters. The summed E-state index contributed by atoms with van der Waals surface area (Å²) >= 11 is 3.51. The third kappa shape index (κ3) is 2.12. The van der Waals surface area contributed by atoms with E-state index in [0.717, 1.165) is 26.9 Å². The van der Waals surface area contributed by atoms with E-state index in [0.29, 0.717) is 12.5 Å². The molecule has 0 unspecified atom stereocenters. The molecule has 2 heterocycles. The summed E-state index contributed by atoms with van der Waals surface area (Å²) in [5.41, 5.74) is 2.20. The number of nitrogens with zero attached hydrogens (tertiary/aromatic N) is 4. The van der Waals surface area contributed by atoms with Crippen LogP contribution < -0.4 is 0 Å². The molecule has 2 aromatic heterocycles. The lowest BCUT2D eigenvalue weighted by Crippen LogP contribution is -2.03. The van der Waals surface area contributed by atoms with Crippen LogP contribution in [0.4, 0.5) is 0 Å². The number of para-hydroxylation sites is 1. The summed E-state index contributed by atoms with van der Waals surface area (Å²) in [6.45, 7) is 0.692. The highest BCUT2D eigenvalue weighted by Crippen LogP contribution is 2.37. The molecule has 4 nitrogen and oxygen atoms in total. The van der Waals surface area contributed by atoms with Gasteiger partial charge in [-0.25, -0.2) is 9.97 Å². The van der Waals surface area contributed by atoms with Gasteiger partial charge in [-0.15, -0.1) is 0 Å². The summed E-state index contributed by atoms with van der Waals surface area (Å²) in [6.07, 6.45) is 6.31. The minimum Gasteiger partial charge on any atom is -0.259 e. The van der Waals surface area contributed by atoms with E-state index >= 15 is 0 Å². The maximum absolute atomic E-state index is 4.53. The molecule has 0 aliphatic heterocycles. The smallest absolute Gasteiger partial charge is 0.136 e. The molecule has 0 bridgehead atoms. The van der Waals surface area contributed by atoms with Gasteiger partial charge >= 0.3 is 0 Å². The van der Waals surface area contributed by atoms with Crippen LogP contribution in [0.25, 0.3) is 10.9 Å². The molecule has 1 fully saturated rings. The van der Waals surface area contributed by atoms with Gasteiger partial charge in [0.05, 0.1) is 12.1 Å². The van der Waals surface area contributed by atoms with Gasteiger partial charge in [0.2, 0.25) is 0 Å². The SMILES string of the molecule is Brc1nn(Cc2cnc(C3CC3)nc2)c2ccccc12. The molecule has 1 saturated carbocycles. The second-order valence-corrected chi connectivity index (χ2v) is 5.94. The van der Waals surface area contributed by atoms with Crippen molar-refractivity contribution in [3.63, 3.8) is 0 Å². The van der Waals surface area contributed by atoms with E-state index in [9.17, 15) is 0 Å². The van der Waals surface area contributed by atoms with Crippen molar-refractivity contribution in [2.45, 2.75) is 25.3 Å². The Morgan fingerprint density at radius 3 is 2.65 bits per heavy atom. The predicted octanol–water partition coefficient (Wildman–Crippen LogP) is 3.51. The lowest BCUT2D eigenvalue weighted by molar-refractivity contribution is 0.698. The summed E-state index contributed by atoms with van der Waals surface area (Å²) in [4.78, 5) is 8.92. The van der Waals surface area contributed by atoms with Gasteiger partial charge in [-0.05, 0) is 34.8 Å². The Kier molecular flexibility index (Phi) is 2.80. The molecule has 20 heavy (non-hydrogen) atoms. The highest BCUT2D eigenvalue weighted by Gasteiger charge is 2.26. The molecule has 1 aromatic carbocycles. The van der Waals surface area contributed by atoms with Crippen LogP contribution in [0, 0.1) is 0 Å². The molecule has 0 N–H and O–H groups in total. The maximum atomic E-state index is 4.53. The molecule has 100 valence electrons. The fraction of sp³-hybridized carbons (Fsp3) is 0.267. The van der Waals surface area contributed by atoms with Crippen LogP contribution in [-0.2, 0) is 6.54 Å². The lowest BCUT2D eigenvalue weighted by atomic mass is 10.2. The Hall–Kier alpha value is -1.75. The first-order valence-corrected chi connectivity index (χ1v) is 7.52. The van der Waals surface area contributed by atoms with Crippen LogP contribution in [-0.4, -0.2) is 19.7 Å². The first kappa shape index (κ1) is 12.0. The Balaban J connectivity index is 1.66. The van der Waals surface area contributed by atoms with Crippen LogP contribution >= 0.6 is 15.9 Å². The monoisotopic (exact) mass is 328 g/mol. The van der Waals surface area contributed by atoms with Gasteiger partial charge in [0, 0.05) is 29.3 Å². The summed E-state index contributed by atoms with van der Waals surface area (Å²) < 4.78 is 2.86.